The Labute approximate surface area is 87.9 Å². The van der Waals surface area contributed by atoms with Crippen LogP contribution in [0.1, 0.15) is 19.8 Å². The molecule has 0 saturated carbocycles. The largest absolute Gasteiger partial charge is 0.360 e. The molecule has 2 rings (SSSR count). The number of nitrogens with one attached hydrogen (secondary N) is 2. The lowest BCUT2D eigenvalue weighted by molar-refractivity contribution is -0.119. The van der Waals surface area contributed by atoms with Crippen molar-refractivity contribution in [3.63, 3.8) is 0 Å². The average Bonchev–Trinajstić information content (AvgIpc) is 2.76. The van der Waals surface area contributed by atoms with Crippen molar-refractivity contribution in [2.45, 2.75) is 31.1 Å². The molecule has 2 unspecified atom stereocenters. The minimum atomic E-state index is 0.137. The fourth-order valence-electron chi connectivity index (χ4n) is 1.59. The number of carbonyl (C=O) groups is 1. The Morgan fingerprint density at radius 3 is 3.14 bits per heavy atom. The summed E-state index contributed by atoms with van der Waals surface area (Å²) in [5.74, 6) is 0.137. The van der Waals surface area contributed by atoms with Crippen molar-refractivity contribution in [3.05, 3.63) is 0 Å². The van der Waals surface area contributed by atoms with Gasteiger partial charge in [-0.3, -0.25) is 9.79 Å². The highest BCUT2D eigenvalue weighted by molar-refractivity contribution is 8.14. The summed E-state index contributed by atoms with van der Waals surface area (Å²) < 4.78 is 0. The van der Waals surface area contributed by atoms with E-state index in [1.165, 1.54) is 0 Å². The number of amidine groups is 1. The molecule has 14 heavy (non-hydrogen) atoms. The van der Waals surface area contributed by atoms with Gasteiger partial charge in [-0.05, 0) is 6.42 Å². The molecule has 2 N–H and O–H groups in total. The maximum absolute atomic E-state index is 10.9. The lowest BCUT2D eigenvalue weighted by atomic mass is 10.3. The van der Waals surface area contributed by atoms with Gasteiger partial charge in [-0.15, -0.1) is 0 Å². The van der Waals surface area contributed by atoms with Crippen molar-refractivity contribution in [3.8, 4) is 0 Å². The number of amides is 1. The molecule has 0 aromatic heterocycles. The first kappa shape index (κ1) is 9.83. The Morgan fingerprint density at radius 2 is 2.57 bits per heavy atom. The van der Waals surface area contributed by atoms with Crippen molar-refractivity contribution in [2.24, 2.45) is 4.99 Å². The summed E-state index contributed by atoms with van der Waals surface area (Å²) in [5.41, 5.74) is 0. The molecular weight excluding hydrogens is 198 g/mol. The molecule has 0 bridgehead atoms. The molecule has 2 aliphatic heterocycles. The Kier molecular flexibility index (Phi) is 2.96. The number of nitrogens with zero attached hydrogens (tertiary/aromatic N) is 1. The third-order valence-corrected chi connectivity index (χ3v) is 3.76. The summed E-state index contributed by atoms with van der Waals surface area (Å²) in [6.07, 6.45) is 1.73. The van der Waals surface area contributed by atoms with Gasteiger partial charge in [-0.2, -0.15) is 0 Å². The van der Waals surface area contributed by atoms with E-state index < -0.39 is 0 Å². The Hall–Kier alpha value is -0.710. The van der Waals surface area contributed by atoms with E-state index in [2.05, 4.69) is 22.5 Å². The van der Waals surface area contributed by atoms with E-state index in [9.17, 15) is 4.79 Å². The molecule has 0 spiro atoms. The smallest absolute Gasteiger partial charge is 0.222 e. The predicted octanol–water partition coefficient (Wildman–Crippen LogP) is 0.346. The highest BCUT2D eigenvalue weighted by Gasteiger charge is 2.25. The van der Waals surface area contributed by atoms with Gasteiger partial charge < -0.3 is 10.6 Å². The van der Waals surface area contributed by atoms with E-state index >= 15 is 0 Å². The van der Waals surface area contributed by atoms with Crippen LogP contribution in [0, 0.1) is 0 Å². The zero-order valence-corrected chi connectivity index (χ0v) is 9.06. The summed E-state index contributed by atoms with van der Waals surface area (Å²) in [6, 6.07) is 0.240. The van der Waals surface area contributed by atoms with Gasteiger partial charge >= 0.3 is 0 Å². The fraction of sp³-hybridized carbons (Fsp3) is 0.778. The Morgan fingerprint density at radius 1 is 1.71 bits per heavy atom. The first-order valence-corrected chi connectivity index (χ1v) is 5.90. The van der Waals surface area contributed by atoms with Gasteiger partial charge in [0.25, 0.3) is 0 Å². The molecule has 0 radical (unpaired) electrons. The van der Waals surface area contributed by atoms with Crippen LogP contribution < -0.4 is 10.6 Å². The van der Waals surface area contributed by atoms with Crippen molar-refractivity contribution < 1.29 is 4.79 Å². The van der Waals surface area contributed by atoms with Crippen molar-refractivity contribution in [1.29, 1.82) is 0 Å². The third-order valence-electron chi connectivity index (χ3n) is 2.48. The van der Waals surface area contributed by atoms with Crippen molar-refractivity contribution in [1.82, 2.24) is 10.6 Å². The highest BCUT2D eigenvalue weighted by atomic mass is 32.2. The molecule has 2 heterocycles. The van der Waals surface area contributed by atoms with Crippen LogP contribution >= 0.6 is 11.8 Å². The second-order valence-electron chi connectivity index (χ2n) is 3.64. The molecule has 4 nitrogen and oxygen atoms in total. The number of aliphatic imine (C=N–C) groups is 1. The molecule has 1 amide bonds. The third kappa shape index (κ3) is 2.20. The van der Waals surface area contributed by atoms with Crippen molar-refractivity contribution >= 4 is 22.8 Å². The van der Waals surface area contributed by atoms with Crippen LogP contribution in [0.25, 0.3) is 0 Å². The predicted molar refractivity (Wildman–Crippen MR) is 58.5 cm³/mol. The monoisotopic (exact) mass is 213 g/mol. The van der Waals surface area contributed by atoms with E-state index in [0.717, 1.165) is 24.7 Å². The standard InChI is InChI=1S/C9H15N3OS/c1-2-7-5-11-9(14-7)12-6-3-8(13)10-4-6/h6-7H,2-5H2,1H3,(H,10,13)(H,11,12). The summed E-state index contributed by atoms with van der Waals surface area (Å²) in [4.78, 5) is 15.4. The van der Waals surface area contributed by atoms with Crippen LogP contribution in [-0.4, -0.2) is 35.5 Å². The second-order valence-corrected chi connectivity index (χ2v) is 4.93. The molecule has 0 aromatic rings. The number of rotatable bonds is 2. The van der Waals surface area contributed by atoms with Gasteiger partial charge in [0.15, 0.2) is 5.17 Å². The average molecular weight is 213 g/mol. The van der Waals surface area contributed by atoms with E-state index in [4.69, 9.17) is 0 Å². The highest BCUT2D eigenvalue weighted by Crippen LogP contribution is 2.22. The van der Waals surface area contributed by atoms with Gasteiger partial charge in [0.2, 0.25) is 5.91 Å². The van der Waals surface area contributed by atoms with E-state index in [-0.39, 0.29) is 11.9 Å². The molecular formula is C9H15N3OS. The van der Waals surface area contributed by atoms with Crippen molar-refractivity contribution in [2.75, 3.05) is 13.1 Å². The second kappa shape index (κ2) is 4.21. The minimum absolute atomic E-state index is 0.137. The molecule has 0 aliphatic carbocycles. The first-order valence-electron chi connectivity index (χ1n) is 5.02. The number of hydrogen-bond donors (Lipinski definition) is 2. The number of hydrogen-bond acceptors (Lipinski definition) is 4. The zero-order valence-electron chi connectivity index (χ0n) is 8.25. The lowest BCUT2D eigenvalue weighted by Crippen LogP contribution is -2.34. The SMILES string of the molecule is CCC1CN=C(NC2CNC(=O)C2)S1. The molecule has 78 valence electrons. The zero-order chi connectivity index (χ0) is 9.97. The van der Waals surface area contributed by atoms with Gasteiger partial charge in [0.05, 0.1) is 12.6 Å². The molecule has 0 aromatic carbocycles. The van der Waals surface area contributed by atoms with Crippen LogP contribution in [0.5, 0.6) is 0 Å². The minimum Gasteiger partial charge on any atom is -0.360 e. The first-order chi connectivity index (χ1) is 6.78. The Balaban J connectivity index is 1.79. The molecule has 1 saturated heterocycles. The van der Waals surface area contributed by atoms with Gasteiger partial charge in [-0.25, -0.2) is 0 Å². The normalized spacial score (nSPS) is 31.5. The summed E-state index contributed by atoms with van der Waals surface area (Å²) in [7, 11) is 0. The van der Waals surface area contributed by atoms with E-state index in [1.54, 1.807) is 11.8 Å². The topological polar surface area (TPSA) is 53.5 Å². The lowest BCUT2D eigenvalue weighted by Gasteiger charge is -2.11. The summed E-state index contributed by atoms with van der Waals surface area (Å²) in [5, 5.41) is 7.74. The van der Waals surface area contributed by atoms with E-state index in [0.29, 0.717) is 11.7 Å². The maximum atomic E-state index is 10.9. The van der Waals surface area contributed by atoms with Crippen LogP contribution in [0.3, 0.4) is 0 Å². The van der Waals surface area contributed by atoms with Gasteiger partial charge in [0.1, 0.15) is 0 Å². The van der Waals surface area contributed by atoms with Crippen LogP contribution in [0.15, 0.2) is 4.99 Å². The van der Waals surface area contributed by atoms with Crippen LogP contribution in [-0.2, 0) is 4.79 Å². The molecule has 2 aliphatic rings. The van der Waals surface area contributed by atoms with Crippen LogP contribution in [0.2, 0.25) is 0 Å². The van der Waals surface area contributed by atoms with Gasteiger partial charge in [0, 0.05) is 18.2 Å². The van der Waals surface area contributed by atoms with Gasteiger partial charge in [-0.1, -0.05) is 18.7 Å². The Bertz CT molecular complexity index is 267. The van der Waals surface area contributed by atoms with E-state index in [1.807, 2.05) is 0 Å². The number of thioether (sulfide) groups is 1. The molecule has 5 heteroatoms. The summed E-state index contributed by atoms with van der Waals surface area (Å²) >= 11 is 1.80. The molecule has 1 fully saturated rings. The maximum Gasteiger partial charge on any atom is 0.222 e. The fourth-order valence-corrected chi connectivity index (χ4v) is 2.61. The summed E-state index contributed by atoms with van der Waals surface area (Å²) in [6.45, 7) is 3.82. The number of carbonyl (C=O) groups excluding carboxylic acids is 1. The van der Waals surface area contributed by atoms with Crippen LogP contribution in [0.4, 0.5) is 0 Å². The molecule has 2 atom stereocenters. The quantitative estimate of drug-likeness (QED) is 0.696.